The van der Waals surface area contributed by atoms with Crippen molar-refractivity contribution < 1.29 is 27.4 Å². The van der Waals surface area contributed by atoms with Gasteiger partial charge in [-0.15, -0.1) is 13.2 Å². The van der Waals surface area contributed by atoms with E-state index in [1.807, 2.05) is 12.2 Å². The Kier molecular flexibility index (Phi) is 6.34. The molecule has 0 atom stereocenters. The third-order valence-corrected chi connectivity index (χ3v) is 4.63. The predicted octanol–water partition coefficient (Wildman–Crippen LogP) is 6.05. The number of allylic oxidation sites excluding steroid dienone is 4. The van der Waals surface area contributed by atoms with Gasteiger partial charge in [-0.3, -0.25) is 0 Å². The first-order chi connectivity index (χ1) is 15.9. The molecule has 0 saturated heterocycles. The van der Waals surface area contributed by atoms with Crippen LogP contribution in [-0.4, -0.2) is 17.4 Å². The molecular weight excluding hydrogens is 437 g/mol. The molecule has 2 amide bonds. The van der Waals surface area contributed by atoms with Crippen molar-refractivity contribution in [1.29, 1.82) is 0 Å². The highest BCUT2D eigenvalue weighted by atomic mass is 19.4. The molecule has 7 nitrogen and oxygen atoms in total. The maximum absolute atomic E-state index is 12.5. The third kappa shape index (κ3) is 5.94. The zero-order valence-corrected chi connectivity index (χ0v) is 17.2. The summed E-state index contributed by atoms with van der Waals surface area (Å²) < 4.78 is 46.3. The van der Waals surface area contributed by atoms with Crippen molar-refractivity contribution in [3.8, 4) is 5.75 Å². The predicted molar refractivity (Wildman–Crippen MR) is 117 cm³/mol. The van der Waals surface area contributed by atoms with E-state index in [-0.39, 0.29) is 5.75 Å². The number of hydrogen-bond acceptors (Lipinski definition) is 5. The zero-order chi connectivity index (χ0) is 23.3. The number of nitrogens with one attached hydrogen (secondary N) is 2. The molecule has 2 N–H and O–H groups in total. The highest BCUT2D eigenvalue weighted by molar-refractivity contribution is 6.01. The van der Waals surface area contributed by atoms with E-state index in [0.717, 1.165) is 30.5 Å². The summed E-state index contributed by atoms with van der Waals surface area (Å²) in [7, 11) is 0. The number of benzene rings is 1. The molecule has 2 aromatic rings. The Labute approximate surface area is 187 Å². The summed E-state index contributed by atoms with van der Waals surface area (Å²) in [5, 5.41) is 5.27. The molecule has 0 saturated carbocycles. The monoisotopic (exact) mass is 456 g/mol. The van der Waals surface area contributed by atoms with Crippen molar-refractivity contribution in [3.05, 3.63) is 90.8 Å². The van der Waals surface area contributed by atoms with Gasteiger partial charge in [0.2, 0.25) is 0 Å². The molecule has 33 heavy (non-hydrogen) atoms. The molecule has 1 aliphatic heterocycles. The number of alkyl halides is 3. The number of carbonyl (C=O) groups is 1. The lowest BCUT2D eigenvalue weighted by Gasteiger charge is -2.24. The Morgan fingerprint density at radius 1 is 1.15 bits per heavy atom. The number of nitrogens with zero attached hydrogens (tertiary/aromatic N) is 2. The largest absolute Gasteiger partial charge is 0.573 e. The van der Waals surface area contributed by atoms with E-state index in [2.05, 4.69) is 26.4 Å². The Morgan fingerprint density at radius 2 is 1.97 bits per heavy atom. The Bertz CT molecular complexity index is 1140. The number of rotatable bonds is 5. The summed E-state index contributed by atoms with van der Waals surface area (Å²) in [5.74, 6) is 0.767. The minimum atomic E-state index is -4.78. The number of hydrogen-bond donors (Lipinski definition) is 2. The van der Waals surface area contributed by atoms with Crippen molar-refractivity contribution in [3.63, 3.8) is 0 Å². The van der Waals surface area contributed by atoms with E-state index in [1.54, 1.807) is 35.6 Å². The third-order valence-electron chi connectivity index (χ3n) is 4.63. The van der Waals surface area contributed by atoms with Crippen LogP contribution in [0.15, 0.2) is 90.8 Å². The maximum Gasteiger partial charge on any atom is 0.573 e. The number of carbonyl (C=O) groups excluding carboxylic acids is 1. The minimum Gasteiger partial charge on any atom is -0.462 e. The van der Waals surface area contributed by atoms with Gasteiger partial charge in [0, 0.05) is 18.1 Å². The van der Waals surface area contributed by atoms with Crippen LogP contribution >= 0.6 is 0 Å². The van der Waals surface area contributed by atoms with Crippen LogP contribution in [0.1, 0.15) is 12.8 Å². The summed E-state index contributed by atoms with van der Waals surface area (Å²) in [6, 6.07) is 7.59. The van der Waals surface area contributed by atoms with E-state index in [9.17, 15) is 18.0 Å². The number of halogens is 3. The quantitative estimate of drug-likeness (QED) is 0.573. The summed E-state index contributed by atoms with van der Waals surface area (Å²) in [4.78, 5) is 18.6. The molecular formula is C23H19F3N4O3. The molecule has 0 unspecified atom stereocenters. The first-order valence-corrected chi connectivity index (χ1v) is 9.96. The molecule has 2 aliphatic rings. The van der Waals surface area contributed by atoms with Crippen molar-refractivity contribution in [2.75, 3.05) is 15.5 Å². The van der Waals surface area contributed by atoms with Gasteiger partial charge in [-0.05, 0) is 54.8 Å². The van der Waals surface area contributed by atoms with Crippen molar-refractivity contribution in [2.24, 2.45) is 0 Å². The van der Waals surface area contributed by atoms with Gasteiger partial charge >= 0.3 is 12.4 Å². The Balaban J connectivity index is 1.45. The standard InChI is InChI=1S/C23H19F3N4O3/c24-23(25,26)33-18-10-8-17(9-11-18)28-22(31)29-19-7-4-12-27-21(19)30-13-14-32-20(15-30)16-5-2-1-3-6-16/h1-2,4-5,7-15H,3,6H2,(H2,28,29,31). The molecule has 0 radical (unpaired) electrons. The fourth-order valence-electron chi connectivity index (χ4n) is 3.19. The van der Waals surface area contributed by atoms with Gasteiger partial charge in [0.25, 0.3) is 0 Å². The molecule has 0 fully saturated rings. The van der Waals surface area contributed by atoms with Crippen LogP contribution in [-0.2, 0) is 4.74 Å². The van der Waals surface area contributed by atoms with E-state index >= 15 is 0 Å². The molecule has 4 rings (SSSR count). The van der Waals surface area contributed by atoms with Crippen LogP contribution < -0.4 is 20.3 Å². The SMILES string of the molecule is O=C(Nc1ccc(OC(F)(F)F)cc1)Nc1cccnc1N1C=COC(C2=CC=CCC2)=C1. The molecule has 2 heterocycles. The summed E-state index contributed by atoms with van der Waals surface area (Å²) >= 11 is 0. The van der Waals surface area contributed by atoms with Gasteiger partial charge in [0.05, 0.1) is 11.9 Å². The second-order valence-electron chi connectivity index (χ2n) is 6.99. The van der Waals surface area contributed by atoms with Crippen LogP contribution in [0.2, 0.25) is 0 Å². The van der Waals surface area contributed by atoms with Gasteiger partial charge < -0.3 is 25.0 Å². The van der Waals surface area contributed by atoms with E-state index < -0.39 is 12.4 Å². The second-order valence-corrected chi connectivity index (χ2v) is 6.99. The fraction of sp³-hybridized carbons (Fsp3) is 0.130. The van der Waals surface area contributed by atoms with Crippen molar-refractivity contribution in [2.45, 2.75) is 19.2 Å². The fourth-order valence-corrected chi connectivity index (χ4v) is 3.19. The molecule has 170 valence electrons. The number of ether oxygens (including phenoxy) is 2. The summed E-state index contributed by atoms with van der Waals surface area (Å²) in [6.45, 7) is 0. The molecule has 10 heteroatoms. The van der Waals surface area contributed by atoms with E-state index in [4.69, 9.17) is 4.74 Å². The van der Waals surface area contributed by atoms with Gasteiger partial charge in [0.1, 0.15) is 17.8 Å². The average molecular weight is 456 g/mol. The van der Waals surface area contributed by atoms with E-state index in [0.29, 0.717) is 23.0 Å². The summed E-state index contributed by atoms with van der Waals surface area (Å²) in [6.07, 6.45) is 9.64. The highest BCUT2D eigenvalue weighted by Gasteiger charge is 2.31. The van der Waals surface area contributed by atoms with Gasteiger partial charge in [-0.25, -0.2) is 9.78 Å². The average Bonchev–Trinajstić information content (AvgIpc) is 2.80. The van der Waals surface area contributed by atoms with Crippen LogP contribution in [0.5, 0.6) is 5.75 Å². The van der Waals surface area contributed by atoms with Crippen LogP contribution in [0.4, 0.5) is 35.2 Å². The first kappa shape index (κ1) is 22.0. The van der Waals surface area contributed by atoms with Gasteiger partial charge in [-0.1, -0.05) is 18.2 Å². The highest BCUT2D eigenvalue weighted by Crippen LogP contribution is 2.30. The Hall–Kier alpha value is -4.21. The zero-order valence-electron chi connectivity index (χ0n) is 17.2. The number of pyridine rings is 1. The van der Waals surface area contributed by atoms with Crippen LogP contribution in [0.25, 0.3) is 0 Å². The minimum absolute atomic E-state index is 0.290. The van der Waals surface area contributed by atoms with Crippen molar-refractivity contribution >= 4 is 23.2 Å². The lowest BCUT2D eigenvalue weighted by molar-refractivity contribution is -0.274. The molecule has 1 aliphatic carbocycles. The summed E-state index contributed by atoms with van der Waals surface area (Å²) in [5.41, 5.74) is 1.76. The lowest BCUT2D eigenvalue weighted by Crippen LogP contribution is -2.22. The van der Waals surface area contributed by atoms with Crippen LogP contribution in [0, 0.1) is 0 Å². The maximum atomic E-state index is 12.5. The van der Waals surface area contributed by atoms with Gasteiger partial charge in [-0.2, -0.15) is 0 Å². The molecule has 0 spiro atoms. The molecule has 1 aromatic carbocycles. The van der Waals surface area contributed by atoms with Gasteiger partial charge in [0.15, 0.2) is 5.82 Å². The number of anilines is 3. The molecule has 1 aromatic heterocycles. The molecule has 0 bridgehead atoms. The Morgan fingerprint density at radius 3 is 2.70 bits per heavy atom. The smallest absolute Gasteiger partial charge is 0.462 e. The lowest BCUT2D eigenvalue weighted by atomic mass is 10.0. The number of urea groups is 1. The number of aromatic nitrogens is 1. The normalized spacial score (nSPS) is 15.3. The van der Waals surface area contributed by atoms with Crippen molar-refractivity contribution in [1.82, 2.24) is 4.98 Å². The van der Waals surface area contributed by atoms with E-state index in [1.165, 1.54) is 18.4 Å². The first-order valence-electron chi connectivity index (χ1n) is 9.96. The van der Waals surface area contributed by atoms with Crippen LogP contribution in [0.3, 0.4) is 0 Å². The topological polar surface area (TPSA) is 75.7 Å². The number of amides is 2. The second kappa shape index (κ2) is 9.51.